The molecular weight excluding hydrogens is 414 g/mol. The van der Waals surface area contributed by atoms with E-state index in [9.17, 15) is 9.59 Å². The van der Waals surface area contributed by atoms with Crippen molar-refractivity contribution in [1.82, 2.24) is 5.32 Å². The van der Waals surface area contributed by atoms with Crippen molar-refractivity contribution in [2.24, 2.45) is 0 Å². The number of cyclic esters (lactones) is 1. The van der Waals surface area contributed by atoms with Gasteiger partial charge in [-0.05, 0) is 38.0 Å². The van der Waals surface area contributed by atoms with E-state index in [0.717, 1.165) is 16.8 Å². The summed E-state index contributed by atoms with van der Waals surface area (Å²) in [6.45, 7) is 5.81. The first-order valence-corrected chi connectivity index (χ1v) is 10.7. The third kappa shape index (κ3) is 3.98. The van der Waals surface area contributed by atoms with Crippen molar-refractivity contribution in [3.05, 3.63) is 92.8 Å². The molecule has 2 aromatic carbocycles. The number of rotatable bonds is 4. The summed E-state index contributed by atoms with van der Waals surface area (Å²) in [6, 6.07) is 15.2. The molecule has 31 heavy (non-hydrogen) atoms. The van der Waals surface area contributed by atoms with Crippen molar-refractivity contribution >= 4 is 23.5 Å². The van der Waals surface area contributed by atoms with Crippen LogP contribution in [0.3, 0.4) is 0 Å². The third-order valence-electron chi connectivity index (χ3n) is 5.63. The molecule has 4 rings (SSSR count). The van der Waals surface area contributed by atoms with Crippen LogP contribution in [0, 0.1) is 6.92 Å². The Balaban J connectivity index is 1.82. The largest absolute Gasteiger partial charge is 0.463 e. The molecule has 2 aromatic rings. The molecule has 0 saturated carbocycles. The second kappa shape index (κ2) is 8.60. The monoisotopic (exact) mass is 437 g/mol. The summed E-state index contributed by atoms with van der Waals surface area (Å²) in [7, 11) is 0. The van der Waals surface area contributed by atoms with Crippen LogP contribution in [0.5, 0.6) is 0 Å². The van der Waals surface area contributed by atoms with Gasteiger partial charge in [-0.1, -0.05) is 59.6 Å². The van der Waals surface area contributed by atoms with E-state index in [-0.39, 0.29) is 6.61 Å². The minimum absolute atomic E-state index is 0.233. The van der Waals surface area contributed by atoms with Gasteiger partial charge in [0, 0.05) is 22.8 Å². The number of esters is 2. The number of carbonyl (C=O) groups excluding carboxylic acids is 2. The van der Waals surface area contributed by atoms with E-state index in [1.165, 1.54) is 0 Å². The van der Waals surface area contributed by atoms with E-state index in [2.05, 4.69) is 5.32 Å². The van der Waals surface area contributed by atoms with Gasteiger partial charge in [0.25, 0.3) is 0 Å². The zero-order valence-corrected chi connectivity index (χ0v) is 18.5. The minimum Gasteiger partial charge on any atom is -0.463 e. The van der Waals surface area contributed by atoms with Gasteiger partial charge in [0.1, 0.15) is 6.10 Å². The van der Waals surface area contributed by atoms with Crippen molar-refractivity contribution in [3.8, 4) is 0 Å². The zero-order valence-electron chi connectivity index (χ0n) is 17.7. The molecule has 0 amide bonds. The molecule has 0 aromatic heterocycles. The van der Waals surface area contributed by atoms with Gasteiger partial charge in [-0.15, -0.1) is 0 Å². The molecule has 0 fully saturated rings. The Labute approximate surface area is 186 Å². The quantitative estimate of drug-likeness (QED) is 0.673. The van der Waals surface area contributed by atoms with E-state index >= 15 is 0 Å². The number of ether oxygens (including phenoxy) is 2. The lowest BCUT2D eigenvalue weighted by atomic mass is 9.78. The highest BCUT2D eigenvalue weighted by atomic mass is 35.5. The highest BCUT2D eigenvalue weighted by Crippen LogP contribution is 2.46. The van der Waals surface area contributed by atoms with Crippen LogP contribution in [0.4, 0.5) is 0 Å². The van der Waals surface area contributed by atoms with Crippen LogP contribution in [0.25, 0.3) is 0 Å². The molecule has 1 N–H and O–H groups in total. The van der Waals surface area contributed by atoms with Gasteiger partial charge in [0.05, 0.1) is 23.7 Å². The van der Waals surface area contributed by atoms with Gasteiger partial charge in [-0.25, -0.2) is 9.59 Å². The van der Waals surface area contributed by atoms with E-state index in [4.69, 9.17) is 21.1 Å². The van der Waals surface area contributed by atoms with Gasteiger partial charge in [-0.2, -0.15) is 0 Å². The lowest BCUT2D eigenvalue weighted by molar-refractivity contribution is -0.146. The van der Waals surface area contributed by atoms with Crippen molar-refractivity contribution in [2.45, 2.75) is 39.2 Å². The summed E-state index contributed by atoms with van der Waals surface area (Å²) < 4.78 is 11.2. The molecule has 0 spiro atoms. The Hall–Kier alpha value is -3.05. The molecule has 5 nitrogen and oxygen atoms in total. The first-order valence-electron chi connectivity index (χ1n) is 10.3. The maximum atomic E-state index is 13.3. The summed E-state index contributed by atoms with van der Waals surface area (Å²) in [5.41, 5.74) is 4.89. The van der Waals surface area contributed by atoms with Crippen molar-refractivity contribution in [1.29, 1.82) is 0 Å². The van der Waals surface area contributed by atoms with Gasteiger partial charge in [-0.3, -0.25) is 0 Å². The van der Waals surface area contributed by atoms with Crippen LogP contribution in [0.15, 0.2) is 71.1 Å². The first kappa shape index (κ1) is 21.2. The molecule has 2 aliphatic rings. The fourth-order valence-electron chi connectivity index (χ4n) is 4.27. The standard InChI is InChI=1S/C25H24ClNO4/c1-4-30-24(28)21-15(3)27-19-13-20(16-9-7-8-14(2)12-16)31-25(29)23(19)22(21)17-10-5-6-11-18(17)26/h5-12,20,22,27H,4,13H2,1-3H3. The van der Waals surface area contributed by atoms with Crippen LogP contribution in [0.2, 0.25) is 5.02 Å². The number of hydrogen-bond donors (Lipinski definition) is 1. The Morgan fingerprint density at radius 1 is 1.19 bits per heavy atom. The lowest BCUT2D eigenvalue weighted by Crippen LogP contribution is -2.37. The van der Waals surface area contributed by atoms with Crippen LogP contribution >= 0.6 is 11.6 Å². The molecule has 2 aliphatic heterocycles. The predicted octanol–water partition coefficient (Wildman–Crippen LogP) is 5.11. The Morgan fingerprint density at radius 2 is 1.97 bits per heavy atom. The molecule has 0 bridgehead atoms. The molecule has 2 unspecified atom stereocenters. The lowest BCUT2D eigenvalue weighted by Gasteiger charge is -2.36. The number of dihydropyridines is 1. The fraction of sp³-hybridized carbons (Fsp3) is 0.280. The summed E-state index contributed by atoms with van der Waals surface area (Å²) >= 11 is 6.50. The molecule has 0 radical (unpaired) electrons. The molecular formula is C25H24ClNO4. The molecule has 6 heteroatoms. The maximum absolute atomic E-state index is 13.3. The van der Waals surface area contributed by atoms with Crippen molar-refractivity contribution < 1.29 is 19.1 Å². The van der Waals surface area contributed by atoms with Gasteiger partial charge in [0.15, 0.2) is 0 Å². The summed E-state index contributed by atoms with van der Waals surface area (Å²) in [5.74, 6) is -1.59. The van der Waals surface area contributed by atoms with E-state index in [1.807, 2.05) is 56.3 Å². The molecule has 160 valence electrons. The van der Waals surface area contributed by atoms with Crippen molar-refractivity contribution in [2.75, 3.05) is 6.61 Å². The SMILES string of the molecule is CCOC(=O)C1=C(C)NC2=C(C(=O)OC(c3cccc(C)c3)C2)C1c1ccccc1Cl. The number of carbonyl (C=O) groups is 2. The number of nitrogens with one attached hydrogen (secondary N) is 1. The second-order valence-electron chi connectivity index (χ2n) is 7.74. The van der Waals surface area contributed by atoms with E-state index in [1.54, 1.807) is 13.0 Å². The topological polar surface area (TPSA) is 64.6 Å². The van der Waals surface area contributed by atoms with Gasteiger partial charge >= 0.3 is 11.9 Å². The average molecular weight is 438 g/mol. The van der Waals surface area contributed by atoms with Gasteiger partial charge < -0.3 is 14.8 Å². The second-order valence-corrected chi connectivity index (χ2v) is 8.15. The highest BCUT2D eigenvalue weighted by molar-refractivity contribution is 6.31. The van der Waals surface area contributed by atoms with Crippen LogP contribution in [0.1, 0.15) is 49.0 Å². The van der Waals surface area contributed by atoms with E-state index in [0.29, 0.717) is 33.9 Å². The average Bonchev–Trinajstić information content (AvgIpc) is 2.73. The van der Waals surface area contributed by atoms with Gasteiger partial charge in [0.2, 0.25) is 0 Å². The highest BCUT2D eigenvalue weighted by Gasteiger charge is 2.43. The maximum Gasteiger partial charge on any atom is 0.337 e. The number of allylic oxidation sites excluding steroid dienone is 1. The van der Waals surface area contributed by atoms with Crippen LogP contribution < -0.4 is 5.32 Å². The molecule has 0 aliphatic carbocycles. The van der Waals surface area contributed by atoms with Crippen molar-refractivity contribution in [3.63, 3.8) is 0 Å². The Bertz CT molecular complexity index is 1120. The minimum atomic E-state index is -0.657. The number of benzene rings is 2. The molecule has 2 heterocycles. The fourth-order valence-corrected chi connectivity index (χ4v) is 4.52. The first-order chi connectivity index (χ1) is 14.9. The number of aryl methyl sites for hydroxylation is 1. The normalized spacial score (nSPS) is 20.7. The summed E-state index contributed by atoms with van der Waals surface area (Å²) in [5, 5.41) is 3.76. The number of hydrogen-bond acceptors (Lipinski definition) is 5. The number of halogens is 1. The predicted molar refractivity (Wildman–Crippen MR) is 118 cm³/mol. The summed E-state index contributed by atoms with van der Waals surface area (Å²) in [6.07, 6.45) is 0.0846. The Kier molecular flexibility index (Phi) is 5.88. The smallest absolute Gasteiger partial charge is 0.337 e. The van der Waals surface area contributed by atoms with Crippen LogP contribution in [-0.4, -0.2) is 18.5 Å². The summed E-state index contributed by atoms with van der Waals surface area (Å²) in [4.78, 5) is 26.2. The molecule has 0 saturated heterocycles. The van der Waals surface area contributed by atoms with E-state index < -0.39 is 24.0 Å². The Morgan fingerprint density at radius 3 is 2.68 bits per heavy atom. The third-order valence-corrected chi connectivity index (χ3v) is 5.97. The zero-order chi connectivity index (χ0) is 22.1. The van der Waals surface area contributed by atoms with Crippen LogP contribution in [-0.2, 0) is 19.1 Å². The molecule has 2 atom stereocenters.